The van der Waals surface area contributed by atoms with Crippen molar-refractivity contribution < 1.29 is 9.13 Å². The van der Waals surface area contributed by atoms with E-state index in [2.05, 4.69) is 42.2 Å². The summed E-state index contributed by atoms with van der Waals surface area (Å²) in [5.74, 6) is 0.509. The minimum atomic E-state index is -0.181. The number of aryl methyl sites for hydroxylation is 1. The van der Waals surface area contributed by atoms with Gasteiger partial charge < -0.3 is 4.74 Å². The third-order valence-electron chi connectivity index (χ3n) is 6.97. The molecule has 0 radical (unpaired) electrons. The molecular formula is C26H26ClFN4O. The molecule has 4 aromatic rings. The van der Waals surface area contributed by atoms with Crippen LogP contribution in [0.15, 0.2) is 54.7 Å². The van der Waals surface area contributed by atoms with Gasteiger partial charge in [-0.3, -0.25) is 4.90 Å². The Morgan fingerprint density at radius 3 is 2.82 bits per heavy atom. The third kappa shape index (κ3) is 3.67. The first-order valence-corrected chi connectivity index (χ1v) is 11.1. The topological polar surface area (TPSA) is 42.7 Å². The lowest BCUT2D eigenvalue weighted by molar-refractivity contribution is 0.163. The first-order chi connectivity index (χ1) is 15.6. The van der Waals surface area contributed by atoms with E-state index in [1.54, 1.807) is 13.2 Å². The molecule has 2 aromatic heterocycles. The van der Waals surface area contributed by atoms with E-state index in [-0.39, 0.29) is 24.3 Å². The lowest BCUT2D eigenvalue weighted by atomic mass is 9.98. The maximum atomic E-state index is 14.5. The van der Waals surface area contributed by atoms with Crippen molar-refractivity contribution in [3.05, 3.63) is 82.9 Å². The molecule has 2 aliphatic heterocycles. The fraction of sp³-hybridized carbons (Fsp3) is 0.308. The monoisotopic (exact) mass is 464 g/mol. The molecule has 2 aliphatic rings. The zero-order valence-electron chi connectivity index (χ0n) is 18.7. The molecule has 0 N–H and O–H groups in total. The third-order valence-corrected chi connectivity index (χ3v) is 6.97. The first kappa shape index (κ1) is 21.9. The number of benzene rings is 2. The number of aromatic nitrogens is 3. The number of methoxy groups -OCH3 is 1. The summed E-state index contributed by atoms with van der Waals surface area (Å²) in [6.45, 7) is 2.67. The van der Waals surface area contributed by atoms with Gasteiger partial charge in [0.05, 0.1) is 18.5 Å². The largest absolute Gasteiger partial charge is 0.497 e. The van der Waals surface area contributed by atoms with Crippen LogP contribution >= 0.6 is 12.4 Å². The van der Waals surface area contributed by atoms with Crippen molar-refractivity contribution in [1.29, 1.82) is 0 Å². The van der Waals surface area contributed by atoms with E-state index in [0.717, 1.165) is 36.2 Å². The van der Waals surface area contributed by atoms with Gasteiger partial charge in [-0.25, -0.2) is 13.9 Å². The molecule has 2 atom stereocenters. The molecular weight excluding hydrogens is 439 g/mol. The van der Waals surface area contributed by atoms with Crippen molar-refractivity contribution in [1.82, 2.24) is 19.5 Å². The first-order valence-electron chi connectivity index (χ1n) is 11.1. The molecule has 4 heterocycles. The lowest BCUT2D eigenvalue weighted by Gasteiger charge is -2.36. The standard InChI is InChI=1S/C26H25FN4O.ClH/c1-16-4-3-5-17(10-16)23-13-26-28-14-21-24-9-6-19(12-25(21)31(26)29-23)30(24)15-18-11-20(32-2)7-8-22(18)27;/h3-5,7-8,10-11,13-14,19,24H,6,9,12,15H2,1-2H3;1H. The second-order valence-electron chi connectivity index (χ2n) is 8.91. The SMILES string of the molecule is COc1ccc(F)c(CN2C3CCC2c2cnc4cc(-c5cccc(C)c5)nn4c2C3)c1.Cl. The van der Waals surface area contributed by atoms with Crippen molar-refractivity contribution in [2.45, 2.75) is 44.8 Å². The van der Waals surface area contributed by atoms with Crippen LogP contribution in [0, 0.1) is 12.7 Å². The highest BCUT2D eigenvalue weighted by Gasteiger charge is 2.41. The summed E-state index contributed by atoms with van der Waals surface area (Å²) in [5.41, 5.74) is 7.29. The number of halogens is 2. The van der Waals surface area contributed by atoms with Crippen LogP contribution in [0.4, 0.5) is 4.39 Å². The van der Waals surface area contributed by atoms with E-state index in [4.69, 9.17) is 14.8 Å². The van der Waals surface area contributed by atoms with Crippen LogP contribution in [-0.4, -0.2) is 32.6 Å². The van der Waals surface area contributed by atoms with Crippen LogP contribution in [-0.2, 0) is 13.0 Å². The molecule has 1 saturated heterocycles. The number of fused-ring (bicyclic) bond motifs is 6. The van der Waals surface area contributed by atoms with Gasteiger partial charge in [-0.15, -0.1) is 12.4 Å². The van der Waals surface area contributed by atoms with E-state index in [1.807, 2.05) is 16.8 Å². The summed E-state index contributed by atoms with van der Waals surface area (Å²) in [6.07, 6.45) is 5.06. The molecule has 5 nitrogen and oxygen atoms in total. The van der Waals surface area contributed by atoms with Crippen molar-refractivity contribution in [3.63, 3.8) is 0 Å². The summed E-state index contributed by atoms with van der Waals surface area (Å²) < 4.78 is 21.9. The lowest BCUT2D eigenvalue weighted by Crippen LogP contribution is -2.38. The maximum absolute atomic E-state index is 14.5. The Bertz CT molecular complexity index is 1340. The second kappa shape index (κ2) is 8.43. The Morgan fingerprint density at radius 1 is 1.12 bits per heavy atom. The predicted molar refractivity (Wildman–Crippen MR) is 128 cm³/mol. The summed E-state index contributed by atoms with van der Waals surface area (Å²) in [5, 5.41) is 4.94. The predicted octanol–water partition coefficient (Wildman–Crippen LogP) is 5.54. The van der Waals surface area contributed by atoms with Crippen LogP contribution in [0.1, 0.15) is 41.3 Å². The van der Waals surface area contributed by atoms with E-state index in [9.17, 15) is 4.39 Å². The van der Waals surface area contributed by atoms with Crippen LogP contribution in [0.5, 0.6) is 5.75 Å². The van der Waals surface area contributed by atoms with Gasteiger partial charge in [-0.2, -0.15) is 5.10 Å². The molecule has 0 aliphatic carbocycles. The van der Waals surface area contributed by atoms with Gasteiger partial charge in [0.25, 0.3) is 0 Å². The second-order valence-corrected chi connectivity index (χ2v) is 8.91. The van der Waals surface area contributed by atoms with Crippen molar-refractivity contribution >= 4 is 18.1 Å². The van der Waals surface area contributed by atoms with Gasteiger partial charge >= 0.3 is 0 Å². The smallest absolute Gasteiger partial charge is 0.155 e. The van der Waals surface area contributed by atoms with Crippen LogP contribution in [0.3, 0.4) is 0 Å². The number of rotatable bonds is 4. The Hall–Kier alpha value is -2.96. The zero-order chi connectivity index (χ0) is 21.8. The highest BCUT2D eigenvalue weighted by atomic mass is 35.5. The van der Waals surface area contributed by atoms with Crippen LogP contribution < -0.4 is 4.74 Å². The molecule has 0 spiro atoms. The summed E-state index contributed by atoms with van der Waals surface area (Å²) in [4.78, 5) is 7.18. The Kier molecular flexibility index (Phi) is 5.59. The van der Waals surface area contributed by atoms with Crippen LogP contribution in [0.2, 0.25) is 0 Å². The highest BCUT2D eigenvalue weighted by Crippen LogP contribution is 2.44. The summed E-state index contributed by atoms with van der Waals surface area (Å²) >= 11 is 0. The maximum Gasteiger partial charge on any atom is 0.155 e. The number of hydrogen-bond acceptors (Lipinski definition) is 4. The van der Waals surface area contributed by atoms with Gasteiger partial charge in [0, 0.05) is 54.0 Å². The average molecular weight is 465 g/mol. The van der Waals surface area contributed by atoms with Gasteiger partial charge in [-0.1, -0.05) is 23.8 Å². The van der Waals surface area contributed by atoms with Gasteiger partial charge in [0.2, 0.25) is 0 Å². The van der Waals surface area contributed by atoms with Gasteiger partial charge in [0.1, 0.15) is 11.6 Å². The van der Waals surface area contributed by atoms with Crippen LogP contribution in [0.25, 0.3) is 16.9 Å². The van der Waals surface area contributed by atoms with Crippen molar-refractivity contribution in [2.75, 3.05) is 7.11 Å². The summed E-state index contributed by atoms with van der Waals surface area (Å²) in [7, 11) is 1.61. The average Bonchev–Trinajstić information content (AvgIpc) is 3.35. The highest BCUT2D eigenvalue weighted by molar-refractivity contribution is 5.85. The van der Waals surface area contributed by atoms with E-state index in [1.165, 1.54) is 22.9 Å². The molecule has 7 heteroatoms. The molecule has 0 saturated carbocycles. The molecule has 2 bridgehead atoms. The quantitative estimate of drug-likeness (QED) is 0.398. The minimum Gasteiger partial charge on any atom is -0.497 e. The molecule has 6 rings (SSSR count). The van der Waals surface area contributed by atoms with E-state index >= 15 is 0 Å². The molecule has 0 amide bonds. The van der Waals surface area contributed by atoms with Gasteiger partial charge in [-0.05, 0) is 44.0 Å². The van der Waals surface area contributed by atoms with Gasteiger partial charge in [0.15, 0.2) is 5.65 Å². The fourth-order valence-electron chi connectivity index (χ4n) is 5.37. The Labute approximate surface area is 198 Å². The molecule has 1 fully saturated rings. The molecule has 2 aromatic carbocycles. The fourth-order valence-corrected chi connectivity index (χ4v) is 5.37. The zero-order valence-corrected chi connectivity index (χ0v) is 19.5. The van der Waals surface area contributed by atoms with Crippen molar-refractivity contribution in [3.8, 4) is 17.0 Å². The number of ether oxygens (including phenoxy) is 1. The molecule has 33 heavy (non-hydrogen) atoms. The van der Waals surface area contributed by atoms with E-state index in [0.29, 0.717) is 23.9 Å². The number of nitrogens with zero attached hydrogens (tertiary/aromatic N) is 4. The number of hydrogen-bond donors (Lipinski definition) is 0. The van der Waals surface area contributed by atoms with Crippen molar-refractivity contribution in [2.24, 2.45) is 0 Å². The Balaban J connectivity index is 0.00000228. The summed E-state index contributed by atoms with van der Waals surface area (Å²) in [6, 6.07) is 16.1. The Morgan fingerprint density at radius 2 is 2.00 bits per heavy atom. The molecule has 170 valence electrons. The van der Waals surface area contributed by atoms with E-state index < -0.39 is 0 Å². The minimum absolute atomic E-state index is 0. The normalized spacial score (nSPS) is 19.4. The molecule has 2 unspecified atom stereocenters.